The second-order valence-corrected chi connectivity index (χ2v) is 6.80. The highest BCUT2D eigenvalue weighted by atomic mass is 32.2. The lowest BCUT2D eigenvalue weighted by atomic mass is 10.1. The molecule has 2 aromatic heterocycles. The number of rotatable bonds is 10. The minimum absolute atomic E-state index is 0.0628. The zero-order chi connectivity index (χ0) is 18.2. The number of thioether (sulfide) groups is 1. The average molecular weight is 366 g/mol. The highest BCUT2D eigenvalue weighted by molar-refractivity contribution is 7.98. The van der Waals surface area contributed by atoms with Gasteiger partial charge >= 0.3 is 0 Å². The first kappa shape index (κ1) is 19.5. The molecule has 0 atom stereocenters. The van der Waals surface area contributed by atoms with Crippen LogP contribution in [0.2, 0.25) is 0 Å². The van der Waals surface area contributed by atoms with E-state index in [9.17, 15) is 4.79 Å². The van der Waals surface area contributed by atoms with E-state index in [1.165, 1.54) is 11.8 Å². The van der Waals surface area contributed by atoms with Crippen molar-refractivity contribution < 1.29 is 9.53 Å². The van der Waals surface area contributed by atoms with Crippen molar-refractivity contribution in [1.82, 2.24) is 25.1 Å². The van der Waals surface area contributed by atoms with E-state index >= 15 is 0 Å². The number of carbonyl (C=O) groups excluding carboxylic acids is 1. The molecule has 138 valence electrons. The normalized spacial score (nSPS) is 11.2. The van der Waals surface area contributed by atoms with E-state index in [0.717, 1.165) is 16.9 Å². The molecule has 0 radical (unpaired) electrons. The molecule has 0 saturated carbocycles. The molecule has 0 unspecified atom stereocenters. The third kappa shape index (κ3) is 5.57. The number of carbonyl (C=O) groups is 1. The number of amides is 1. The summed E-state index contributed by atoms with van der Waals surface area (Å²) in [7, 11) is 1.66. The van der Waals surface area contributed by atoms with Crippen LogP contribution in [-0.4, -0.2) is 58.7 Å². The molecule has 2 rings (SSSR count). The minimum Gasteiger partial charge on any atom is -0.383 e. The molecule has 2 N–H and O–H groups in total. The molecule has 1 amide bonds. The van der Waals surface area contributed by atoms with Gasteiger partial charge in [-0.15, -0.1) is 0 Å². The predicted molar refractivity (Wildman–Crippen MR) is 99.9 cm³/mol. The second kappa shape index (κ2) is 9.57. The Kier molecular flexibility index (Phi) is 7.45. The zero-order valence-corrected chi connectivity index (χ0v) is 16.0. The van der Waals surface area contributed by atoms with Gasteiger partial charge in [0.15, 0.2) is 10.8 Å². The number of methoxy groups -OCH3 is 1. The topological polar surface area (TPSA) is 94.0 Å². The number of fused-ring (bicyclic) bond motifs is 1. The van der Waals surface area contributed by atoms with Crippen LogP contribution in [0.3, 0.4) is 0 Å². The van der Waals surface area contributed by atoms with Gasteiger partial charge in [0.1, 0.15) is 5.82 Å². The Balaban J connectivity index is 2.10. The van der Waals surface area contributed by atoms with E-state index in [2.05, 4.69) is 25.7 Å². The minimum atomic E-state index is 0.0628. The van der Waals surface area contributed by atoms with Crippen molar-refractivity contribution in [2.24, 2.45) is 5.92 Å². The van der Waals surface area contributed by atoms with Gasteiger partial charge in [-0.2, -0.15) is 5.10 Å². The molecule has 2 heterocycles. The lowest BCUT2D eigenvalue weighted by Crippen LogP contribution is -2.28. The Hall–Kier alpha value is -1.87. The highest BCUT2D eigenvalue weighted by Gasteiger charge is 2.13. The van der Waals surface area contributed by atoms with E-state index < -0.39 is 0 Å². The zero-order valence-electron chi connectivity index (χ0n) is 15.2. The molecule has 9 heteroatoms. The SMILES string of the molecule is COCCNc1nc(SC)nc2c1cnn2CCNC(=O)CC(C)C. The van der Waals surface area contributed by atoms with Gasteiger partial charge in [0.25, 0.3) is 0 Å². The quantitative estimate of drug-likeness (QED) is 0.376. The Bertz CT molecular complexity index is 703. The molecular formula is C16H26N6O2S. The fourth-order valence-electron chi connectivity index (χ4n) is 2.34. The number of aromatic nitrogens is 4. The Morgan fingerprint density at radius 1 is 1.36 bits per heavy atom. The van der Waals surface area contributed by atoms with Crippen LogP contribution in [0.25, 0.3) is 11.0 Å². The maximum atomic E-state index is 11.8. The Morgan fingerprint density at radius 2 is 2.16 bits per heavy atom. The fraction of sp³-hybridized carbons (Fsp3) is 0.625. The fourth-order valence-corrected chi connectivity index (χ4v) is 2.70. The van der Waals surface area contributed by atoms with Gasteiger partial charge < -0.3 is 15.4 Å². The molecule has 0 saturated heterocycles. The van der Waals surface area contributed by atoms with Crippen LogP contribution in [0.4, 0.5) is 5.82 Å². The summed E-state index contributed by atoms with van der Waals surface area (Å²) in [5.41, 5.74) is 0.761. The van der Waals surface area contributed by atoms with Gasteiger partial charge in [-0.05, 0) is 12.2 Å². The van der Waals surface area contributed by atoms with Crippen LogP contribution in [0.1, 0.15) is 20.3 Å². The summed E-state index contributed by atoms with van der Waals surface area (Å²) in [6.07, 6.45) is 4.23. The Labute approximate surface area is 152 Å². The monoisotopic (exact) mass is 366 g/mol. The molecule has 0 aliphatic heterocycles. The smallest absolute Gasteiger partial charge is 0.220 e. The third-order valence-corrected chi connectivity index (χ3v) is 4.04. The van der Waals surface area contributed by atoms with Crippen LogP contribution < -0.4 is 10.6 Å². The van der Waals surface area contributed by atoms with Crippen LogP contribution in [0, 0.1) is 5.92 Å². The van der Waals surface area contributed by atoms with E-state index in [1.807, 2.05) is 20.1 Å². The van der Waals surface area contributed by atoms with Gasteiger partial charge in [0, 0.05) is 26.6 Å². The summed E-state index contributed by atoms with van der Waals surface area (Å²) in [5, 5.41) is 12.1. The van der Waals surface area contributed by atoms with Crippen molar-refractivity contribution in [3.05, 3.63) is 6.20 Å². The molecule has 0 fully saturated rings. The van der Waals surface area contributed by atoms with Crippen molar-refractivity contribution in [3.8, 4) is 0 Å². The number of hydrogen-bond donors (Lipinski definition) is 2. The number of ether oxygens (including phenoxy) is 1. The second-order valence-electron chi connectivity index (χ2n) is 6.03. The van der Waals surface area contributed by atoms with Crippen molar-refractivity contribution >= 4 is 34.5 Å². The number of nitrogens with zero attached hydrogens (tertiary/aromatic N) is 4. The molecule has 0 aromatic carbocycles. The van der Waals surface area contributed by atoms with Crippen LogP contribution in [0.15, 0.2) is 11.4 Å². The third-order valence-electron chi connectivity index (χ3n) is 3.50. The van der Waals surface area contributed by atoms with E-state index in [1.54, 1.807) is 18.0 Å². The maximum Gasteiger partial charge on any atom is 0.220 e. The first-order chi connectivity index (χ1) is 12.0. The lowest BCUT2D eigenvalue weighted by Gasteiger charge is -2.09. The van der Waals surface area contributed by atoms with Gasteiger partial charge in [-0.25, -0.2) is 14.6 Å². The standard InChI is InChI=1S/C16H26N6O2S/c1-11(2)9-13(23)17-5-7-22-15-12(10-19-22)14(18-6-8-24-3)20-16(21-15)25-4/h10-11H,5-9H2,1-4H3,(H,17,23)(H,18,20,21). The number of anilines is 1. The molecule has 0 aliphatic carbocycles. The number of hydrogen-bond acceptors (Lipinski definition) is 7. The van der Waals surface area contributed by atoms with Crippen molar-refractivity contribution in [1.29, 1.82) is 0 Å². The van der Waals surface area contributed by atoms with Crippen molar-refractivity contribution in [2.45, 2.75) is 32.0 Å². The molecular weight excluding hydrogens is 340 g/mol. The molecule has 8 nitrogen and oxygen atoms in total. The van der Waals surface area contributed by atoms with E-state index in [4.69, 9.17) is 4.74 Å². The van der Waals surface area contributed by atoms with E-state index in [-0.39, 0.29) is 5.91 Å². The van der Waals surface area contributed by atoms with Gasteiger partial charge in [-0.1, -0.05) is 25.6 Å². The molecule has 0 spiro atoms. The van der Waals surface area contributed by atoms with Crippen LogP contribution in [0.5, 0.6) is 0 Å². The summed E-state index contributed by atoms with van der Waals surface area (Å²) in [5.74, 6) is 1.16. The maximum absolute atomic E-state index is 11.8. The highest BCUT2D eigenvalue weighted by Crippen LogP contribution is 2.23. The molecule has 0 aliphatic rings. The summed E-state index contributed by atoms with van der Waals surface area (Å²) >= 11 is 1.48. The van der Waals surface area contributed by atoms with Gasteiger partial charge in [0.05, 0.1) is 24.7 Å². The number of nitrogens with one attached hydrogen (secondary N) is 2. The van der Waals surface area contributed by atoms with Gasteiger partial charge in [-0.3, -0.25) is 4.79 Å². The first-order valence-corrected chi connectivity index (χ1v) is 9.54. The Morgan fingerprint density at radius 3 is 2.84 bits per heavy atom. The van der Waals surface area contributed by atoms with Crippen LogP contribution in [-0.2, 0) is 16.1 Å². The predicted octanol–water partition coefficient (Wildman–Crippen LogP) is 1.77. The summed E-state index contributed by atoms with van der Waals surface area (Å²) in [6, 6.07) is 0. The largest absolute Gasteiger partial charge is 0.383 e. The van der Waals surface area contributed by atoms with E-state index in [0.29, 0.717) is 43.7 Å². The van der Waals surface area contributed by atoms with Crippen LogP contribution >= 0.6 is 11.8 Å². The lowest BCUT2D eigenvalue weighted by molar-refractivity contribution is -0.121. The van der Waals surface area contributed by atoms with Crippen molar-refractivity contribution in [2.75, 3.05) is 38.4 Å². The molecule has 2 aromatic rings. The molecule has 0 bridgehead atoms. The summed E-state index contributed by atoms with van der Waals surface area (Å²) in [6.45, 7) is 6.39. The average Bonchev–Trinajstić information content (AvgIpc) is 2.97. The van der Waals surface area contributed by atoms with Gasteiger partial charge in [0.2, 0.25) is 5.91 Å². The first-order valence-electron chi connectivity index (χ1n) is 8.32. The summed E-state index contributed by atoms with van der Waals surface area (Å²) in [4.78, 5) is 20.8. The molecule has 25 heavy (non-hydrogen) atoms. The van der Waals surface area contributed by atoms with Crippen molar-refractivity contribution in [3.63, 3.8) is 0 Å². The summed E-state index contributed by atoms with van der Waals surface area (Å²) < 4.78 is 6.87.